The zero-order valence-corrected chi connectivity index (χ0v) is 13.8. The first-order chi connectivity index (χ1) is 9.45. The first kappa shape index (κ1) is 16.8. The van der Waals surface area contributed by atoms with Crippen molar-refractivity contribution < 1.29 is 14.6 Å². The van der Waals surface area contributed by atoms with Crippen molar-refractivity contribution in [1.82, 2.24) is 3.93 Å². The van der Waals surface area contributed by atoms with E-state index in [0.29, 0.717) is 12.5 Å². The minimum Gasteiger partial charge on any atom is -0.493 e. The molecular weight excluding hydrogens is 322 g/mol. The summed E-state index contributed by atoms with van der Waals surface area (Å²) < 4.78 is 6.82. The van der Waals surface area contributed by atoms with E-state index in [2.05, 4.69) is 30.0 Å². The number of amides is 1. The third-order valence-electron chi connectivity index (χ3n) is 3.20. The lowest BCUT2D eigenvalue weighted by molar-refractivity contribution is 0.169. The summed E-state index contributed by atoms with van der Waals surface area (Å²) in [5, 5.41) is 8.92. The summed E-state index contributed by atoms with van der Waals surface area (Å²) in [6.07, 6.45) is 1.31. The molecule has 0 aliphatic heterocycles. The first-order valence-corrected chi connectivity index (χ1v) is 7.57. The van der Waals surface area contributed by atoms with Gasteiger partial charge in [-0.25, -0.2) is 8.72 Å². The second-order valence-electron chi connectivity index (χ2n) is 5.04. The smallest absolute Gasteiger partial charge is 0.417 e. The molecule has 1 aromatic rings. The predicted octanol–water partition coefficient (Wildman–Crippen LogP) is 4.85. The largest absolute Gasteiger partial charge is 0.493 e. The highest BCUT2D eigenvalue weighted by Crippen LogP contribution is 2.25. The normalized spacial score (nSPS) is 13.6. The van der Waals surface area contributed by atoms with E-state index in [1.165, 1.54) is 0 Å². The summed E-state index contributed by atoms with van der Waals surface area (Å²) in [7, 11) is 0. The first-order valence-electron chi connectivity index (χ1n) is 6.86. The van der Waals surface area contributed by atoms with Crippen LogP contribution in [0, 0.1) is 5.92 Å². The van der Waals surface area contributed by atoms with Crippen LogP contribution in [-0.4, -0.2) is 21.7 Å². The molecule has 0 radical (unpaired) electrons. The highest BCUT2D eigenvalue weighted by atomic mass is 79.9. The number of carbonyl (C=O) groups is 1. The summed E-state index contributed by atoms with van der Waals surface area (Å²) in [5.74, 6) is 1.36. The zero-order chi connectivity index (χ0) is 15.1. The van der Waals surface area contributed by atoms with Gasteiger partial charge in [0.05, 0.1) is 28.8 Å². The fourth-order valence-electron chi connectivity index (χ4n) is 1.95. The molecule has 0 saturated carbocycles. The van der Waals surface area contributed by atoms with Crippen LogP contribution in [0.4, 0.5) is 4.79 Å². The number of carboxylic acid groups (broad SMARTS) is 1. The van der Waals surface area contributed by atoms with Crippen LogP contribution in [0.25, 0.3) is 0 Å². The Balaban J connectivity index is 2.58. The molecule has 0 aromatic heterocycles. The van der Waals surface area contributed by atoms with Crippen LogP contribution in [0.1, 0.15) is 45.2 Å². The van der Waals surface area contributed by atoms with E-state index >= 15 is 0 Å². The van der Waals surface area contributed by atoms with Gasteiger partial charge in [0.1, 0.15) is 5.75 Å². The molecule has 20 heavy (non-hydrogen) atoms. The van der Waals surface area contributed by atoms with Gasteiger partial charge in [-0.15, -0.1) is 0 Å². The Kier molecular flexibility index (Phi) is 6.85. The van der Waals surface area contributed by atoms with Gasteiger partial charge >= 0.3 is 6.09 Å². The lowest BCUT2D eigenvalue weighted by Gasteiger charge is -2.20. The third kappa shape index (κ3) is 5.04. The molecule has 4 nitrogen and oxygen atoms in total. The summed E-state index contributed by atoms with van der Waals surface area (Å²) in [6.45, 7) is 6.88. The van der Waals surface area contributed by atoms with Gasteiger partial charge in [-0.1, -0.05) is 32.4 Å². The van der Waals surface area contributed by atoms with E-state index in [1.54, 1.807) is 0 Å². The van der Waals surface area contributed by atoms with Gasteiger partial charge in [-0.05, 0) is 37.0 Å². The second kappa shape index (κ2) is 8.15. The minimum absolute atomic E-state index is 0.249. The van der Waals surface area contributed by atoms with Crippen LogP contribution in [0.15, 0.2) is 24.3 Å². The number of hydrogen-bond acceptors (Lipinski definition) is 2. The van der Waals surface area contributed by atoms with E-state index < -0.39 is 6.09 Å². The summed E-state index contributed by atoms with van der Waals surface area (Å²) in [6, 6.07) is 7.30. The number of rotatable bonds is 7. The Morgan fingerprint density at radius 2 is 1.95 bits per heavy atom. The molecule has 1 N–H and O–H groups in total. The standard InChI is InChI=1S/C15H22BrNO3/c1-4-5-11(2)10-20-14-8-6-13(7-9-14)12(3)17(16)15(18)19/h6-9,11-12H,4-5,10H2,1-3H3,(H,18,19). The Labute approximate surface area is 129 Å². The van der Waals surface area contributed by atoms with Gasteiger partial charge in [-0.3, -0.25) is 0 Å². The van der Waals surface area contributed by atoms with E-state index in [4.69, 9.17) is 9.84 Å². The second-order valence-corrected chi connectivity index (χ2v) is 5.81. The van der Waals surface area contributed by atoms with E-state index in [-0.39, 0.29) is 6.04 Å². The molecule has 0 aliphatic rings. The van der Waals surface area contributed by atoms with Crippen molar-refractivity contribution in [2.75, 3.05) is 6.61 Å². The number of halogens is 1. The maximum absolute atomic E-state index is 10.9. The molecule has 5 heteroatoms. The molecule has 0 aliphatic carbocycles. The van der Waals surface area contributed by atoms with Crippen LogP contribution in [-0.2, 0) is 0 Å². The van der Waals surface area contributed by atoms with Crippen molar-refractivity contribution >= 4 is 22.2 Å². The monoisotopic (exact) mass is 343 g/mol. The van der Waals surface area contributed by atoms with Crippen molar-refractivity contribution in [2.45, 2.75) is 39.7 Å². The summed E-state index contributed by atoms with van der Waals surface area (Å²) >= 11 is 3.03. The average molecular weight is 344 g/mol. The molecular formula is C15H22BrNO3. The van der Waals surface area contributed by atoms with Crippen LogP contribution < -0.4 is 4.74 Å². The van der Waals surface area contributed by atoms with Crippen molar-refractivity contribution in [2.24, 2.45) is 5.92 Å². The molecule has 2 unspecified atom stereocenters. The molecule has 1 aromatic carbocycles. The van der Waals surface area contributed by atoms with Gasteiger partial charge in [0.25, 0.3) is 0 Å². The molecule has 2 atom stereocenters. The van der Waals surface area contributed by atoms with Gasteiger partial charge in [0.15, 0.2) is 0 Å². The lowest BCUT2D eigenvalue weighted by atomic mass is 10.1. The molecule has 1 rings (SSSR count). The topological polar surface area (TPSA) is 49.8 Å². The highest BCUT2D eigenvalue weighted by Gasteiger charge is 2.18. The van der Waals surface area contributed by atoms with Gasteiger partial charge in [-0.2, -0.15) is 0 Å². The zero-order valence-electron chi connectivity index (χ0n) is 12.2. The number of ether oxygens (including phenoxy) is 1. The average Bonchev–Trinajstić information content (AvgIpc) is 2.44. The summed E-state index contributed by atoms with van der Waals surface area (Å²) in [4.78, 5) is 10.9. The predicted molar refractivity (Wildman–Crippen MR) is 83.2 cm³/mol. The van der Waals surface area contributed by atoms with Crippen LogP contribution in [0.5, 0.6) is 5.75 Å². The van der Waals surface area contributed by atoms with Crippen molar-refractivity contribution in [3.63, 3.8) is 0 Å². The fraction of sp³-hybridized carbons (Fsp3) is 0.533. The molecule has 112 valence electrons. The Morgan fingerprint density at radius 1 is 1.35 bits per heavy atom. The van der Waals surface area contributed by atoms with E-state index in [1.807, 2.05) is 31.2 Å². The molecule has 0 fully saturated rings. The van der Waals surface area contributed by atoms with Crippen molar-refractivity contribution in [3.8, 4) is 5.75 Å². The lowest BCUT2D eigenvalue weighted by Crippen LogP contribution is -2.22. The Morgan fingerprint density at radius 3 is 2.45 bits per heavy atom. The maximum Gasteiger partial charge on any atom is 0.417 e. The minimum atomic E-state index is -1.01. The van der Waals surface area contributed by atoms with Gasteiger partial charge in [0.2, 0.25) is 0 Å². The molecule has 1 amide bonds. The van der Waals surface area contributed by atoms with Gasteiger partial charge < -0.3 is 9.84 Å². The third-order valence-corrected chi connectivity index (χ3v) is 4.12. The van der Waals surface area contributed by atoms with E-state index in [0.717, 1.165) is 28.1 Å². The maximum atomic E-state index is 10.9. The molecule has 0 heterocycles. The molecule has 0 spiro atoms. The van der Waals surface area contributed by atoms with Crippen LogP contribution in [0.3, 0.4) is 0 Å². The number of nitrogens with zero attached hydrogens (tertiary/aromatic N) is 1. The quantitative estimate of drug-likeness (QED) is 0.719. The SMILES string of the molecule is CCCC(C)COc1ccc(C(C)N(Br)C(=O)O)cc1. The summed E-state index contributed by atoms with van der Waals surface area (Å²) in [5.41, 5.74) is 0.915. The molecule has 0 bridgehead atoms. The Hall–Kier alpha value is -1.23. The molecule has 0 saturated heterocycles. The fourth-order valence-corrected chi connectivity index (χ4v) is 2.19. The highest BCUT2D eigenvalue weighted by molar-refractivity contribution is 9.07. The Bertz CT molecular complexity index is 422. The van der Waals surface area contributed by atoms with Crippen molar-refractivity contribution in [3.05, 3.63) is 29.8 Å². The van der Waals surface area contributed by atoms with Crippen LogP contribution >= 0.6 is 16.1 Å². The number of hydrogen-bond donors (Lipinski definition) is 1. The van der Waals surface area contributed by atoms with Crippen molar-refractivity contribution in [1.29, 1.82) is 0 Å². The van der Waals surface area contributed by atoms with E-state index in [9.17, 15) is 4.79 Å². The number of benzene rings is 1. The van der Waals surface area contributed by atoms with Crippen LogP contribution in [0.2, 0.25) is 0 Å². The van der Waals surface area contributed by atoms with Gasteiger partial charge in [0, 0.05) is 0 Å².